The van der Waals surface area contributed by atoms with E-state index in [2.05, 4.69) is 79.9 Å². The summed E-state index contributed by atoms with van der Waals surface area (Å²) in [5.74, 6) is 1.28. The van der Waals surface area contributed by atoms with Crippen LogP contribution in [0.4, 0.5) is 0 Å². The van der Waals surface area contributed by atoms with Gasteiger partial charge in [-0.3, -0.25) is 0 Å². The third kappa shape index (κ3) is 4.44. The maximum atomic E-state index is 3.70. The highest BCUT2D eigenvalue weighted by Gasteiger charge is 2.30. The molecule has 0 saturated carbocycles. The van der Waals surface area contributed by atoms with Crippen LogP contribution in [0.15, 0.2) is 30.3 Å². The lowest BCUT2D eigenvalue weighted by atomic mass is 10.0. The molecule has 4 atom stereocenters. The summed E-state index contributed by atoms with van der Waals surface area (Å²) < 4.78 is 0. The Balaban J connectivity index is 1.99. The Morgan fingerprint density at radius 2 is 1.95 bits per heavy atom. The summed E-state index contributed by atoms with van der Waals surface area (Å²) in [5.41, 5.74) is 1.45. The summed E-state index contributed by atoms with van der Waals surface area (Å²) in [6, 6.07) is 11.5. The minimum atomic E-state index is 0.597. The van der Waals surface area contributed by atoms with Crippen molar-refractivity contribution in [1.82, 2.24) is 5.32 Å². The molecular formula is C16H25NS2. The predicted octanol–water partition coefficient (Wildman–Crippen LogP) is 3.83. The molecular weight excluding hydrogens is 270 g/mol. The van der Waals surface area contributed by atoms with Gasteiger partial charge in [-0.15, -0.1) is 0 Å². The normalized spacial score (nSPS) is 29.1. The van der Waals surface area contributed by atoms with E-state index < -0.39 is 0 Å². The highest BCUT2D eigenvalue weighted by Crippen LogP contribution is 2.37. The summed E-state index contributed by atoms with van der Waals surface area (Å²) in [7, 11) is 0. The third-order valence-corrected chi connectivity index (χ3v) is 7.34. The first-order chi connectivity index (χ1) is 9.20. The molecule has 0 spiro atoms. The number of likely N-dealkylation sites (N-methyl/N-ethyl adjacent to an activating group) is 1. The monoisotopic (exact) mass is 295 g/mol. The third-order valence-electron chi connectivity index (χ3n) is 3.79. The van der Waals surface area contributed by atoms with E-state index in [4.69, 9.17) is 0 Å². The first-order valence-electron chi connectivity index (χ1n) is 7.25. The minimum absolute atomic E-state index is 0.597. The predicted molar refractivity (Wildman–Crippen MR) is 90.4 cm³/mol. The van der Waals surface area contributed by atoms with Crippen molar-refractivity contribution in [2.45, 2.75) is 49.0 Å². The molecule has 0 aromatic heterocycles. The highest BCUT2D eigenvalue weighted by atomic mass is 32.2. The summed E-state index contributed by atoms with van der Waals surface area (Å²) in [5, 5.41) is 5.99. The molecule has 1 aliphatic heterocycles. The summed E-state index contributed by atoms with van der Waals surface area (Å²) in [6.07, 6.45) is 1.15. The van der Waals surface area contributed by atoms with Crippen molar-refractivity contribution in [3.05, 3.63) is 35.9 Å². The number of benzene rings is 1. The van der Waals surface area contributed by atoms with Crippen molar-refractivity contribution < 1.29 is 0 Å². The van der Waals surface area contributed by atoms with Gasteiger partial charge in [-0.05, 0) is 18.5 Å². The maximum absolute atomic E-state index is 3.70. The van der Waals surface area contributed by atoms with Gasteiger partial charge >= 0.3 is 0 Å². The average Bonchev–Trinajstić information content (AvgIpc) is 2.43. The molecule has 1 N–H and O–H groups in total. The van der Waals surface area contributed by atoms with Crippen molar-refractivity contribution >= 4 is 23.5 Å². The fourth-order valence-electron chi connectivity index (χ4n) is 2.48. The second-order valence-electron chi connectivity index (χ2n) is 5.27. The Labute approximate surface area is 126 Å². The lowest BCUT2D eigenvalue weighted by molar-refractivity contribution is 0.520. The number of thioether (sulfide) groups is 2. The van der Waals surface area contributed by atoms with Gasteiger partial charge in [0.2, 0.25) is 0 Å². The number of hydrogen-bond donors (Lipinski definition) is 1. The molecule has 0 radical (unpaired) electrons. The van der Waals surface area contributed by atoms with Gasteiger partial charge < -0.3 is 5.32 Å². The van der Waals surface area contributed by atoms with Gasteiger partial charge in [-0.1, -0.05) is 51.1 Å². The molecule has 1 saturated heterocycles. The topological polar surface area (TPSA) is 12.0 Å². The van der Waals surface area contributed by atoms with E-state index in [0.717, 1.165) is 28.7 Å². The van der Waals surface area contributed by atoms with E-state index in [9.17, 15) is 0 Å². The van der Waals surface area contributed by atoms with Crippen LogP contribution < -0.4 is 5.32 Å². The zero-order valence-corrected chi connectivity index (χ0v) is 13.8. The van der Waals surface area contributed by atoms with Crippen molar-refractivity contribution in [2.75, 3.05) is 12.3 Å². The van der Waals surface area contributed by atoms with Gasteiger partial charge in [-0.2, -0.15) is 23.5 Å². The van der Waals surface area contributed by atoms with Gasteiger partial charge in [0.15, 0.2) is 0 Å². The molecule has 1 aromatic carbocycles. The fourth-order valence-corrected chi connectivity index (χ4v) is 5.61. The number of rotatable bonds is 5. The molecule has 0 aliphatic carbocycles. The van der Waals surface area contributed by atoms with Crippen molar-refractivity contribution in [3.63, 3.8) is 0 Å². The molecule has 0 amide bonds. The fraction of sp³-hybridized carbons (Fsp3) is 0.625. The van der Waals surface area contributed by atoms with Gasteiger partial charge in [-0.25, -0.2) is 0 Å². The van der Waals surface area contributed by atoms with Crippen LogP contribution in [0.1, 0.15) is 26.3 Å². The number of nitrogens with one attached hydrogen (secondary N) is 1. The van der Waals surface area contributed by atoms with Crippen molar-refractivity contribution in [3.8, 4) is 0 Å². The van der Waals surface area contributed by atoms with Crippen LogP contribution in [0.2, 0.25) is 0 Å². The zero-order chi connectivity index (χ0) is 13.7. The molecule has 3 heteroatoms. The Bertz CT molecular complexity index is 368. The molecule has 4 unspecified atom stereocenters. The Hall–Kier alpha value is -0.120. The standard InChI is InChI=1S/C16H25NS2/c1-4-17-15(10-14-8-6-5-7-9-14)16-11-18-12(2)13(3)19-16/h5-9,12-13,15-17H,4,10-11H2,1-3H3. The van der Waals surface area contributed by atoms with Gasteiger partial charge in [0.25, 0.3) is 0 Å². The Morgan fingerprint density at radius 1 is 1.21 bits per heavy atom. The van der Waals surface area contributed by atoms with Gasteiger partial charge in [0.1, 0.15) is 0 Å². The van der Waals surface area contributed by atoms with E-state index in [1.54, 1.807) is 0 Å². The first kappa shape index (κ1) is 15.3. The maximum Gasteiger partial charge on any atom is 0.0298 e. The second-order valence-corrected chi connectivity index (χ2v) is 8.30. The van der Waals surface area contributed by atoms with E-state index in [-0.39, 0.29) is 0 Å². The lowest BCUT2D eigenvalue weighted by Crippen LogP contribution is -2.44. The number of hydrogen-bond acceptors (Lipinski definition) is 3. The molecule has 106 valence electrons. The largest absolute Gasteiger partial charge is 0.313 e. The van der Waals surface area contributed by atoms with E-state index in [0.29, 0.717) is 6.04 Å². The van der Waals surface area contributed by atoms with Crippen LogP contribution in [0.5, 0.6) is 0 Å². The van der Waals surface area contributed by atoms with Crippen LogP contribution in [-0.2, 0) is 6.42 Å². The Morgan fingerprint density at radius 3 is 2.58 bits per heavy atom. The van der Waals surface area contributed by atoms with Crippen LogP contribution in [0.3, 0.4) is 0 Å². The summed E-state index contributed by atoms with van der Waals surface area (Å²) in [4.78, 5) is 0. The summed E-state index contributed by atoms with van der Waals surface area (Å²) >= 11 is 4.32. The second kappa shape index (κ2) is 7.61. The van der Waals surface area contributed by atoms with E-state index in [1.165, 1.54) is 11.3 Å². The molecule has 1 heterocycles. The van der Waals surface area contributed by atoms with Gasteiger partial charge in [0.05, 0.1) is 0 Å². The minimum Gasteiger partial charge on any atom is -0.313 e. The van der Waals surface area contributed by atoms with Gasteiger partial charge in [0, 0.05) is 27.5 Å². The van der Waals surface area contributed by atoms with E-state index >= 15 is 0 Å². The molecule has 1 aliphatic rings. The molecule has 19 heavy (non-hydrogen) atoms. The highest BCUT2D eigenvalue weighted by molar-refractivity contribution is 8.07. The van der Waals surface area contributed by atoms with Crippen LogP contribution in [0, 0.1) is 0 Å². The first-order valence-corrected chi connectivity index (χ1v) is 9.24. The SMILES string of the molecule is CCNC(Cc1ccccc1)C1CSC(C)C(C)S1. The smallest absolute Gasteiger partial charge is 0.0298 e. The van der Waals surface area contributed by atoms with Crippen LogP contribution in [0.25, 0.3) is 0 Å². The molecule has 1 aromatic rings. The quantitative estimate of drug-likeness (QED) is 0.886. The molecule has 1 fully saturated rings. The van der Waals surface area contributed by atoms with Crippen LogP contribution in [-0.4, -0.2) is 34.1 Å². The average molecular weight is 296 g/mol. The molecule has 0 bridgehead atoms. The molecule has 2 rings (SSSR count). The lowest BCUT2D eigenvalue weighted by Gasteiger charge is -2.36. The van der Waals surface area contributed by atoms with E-state index in [1.807, 2.05) is 0 Å². The molecule has 1 nitrogen and oxygen atoms in total. The summed E-state index contributed by atoms with van der Waals surface area (Å²) in [6.45, 7) is 8.01. The van der Waals surface area contributed by atoms with Crippen LogP contribution >= 0.6 is 23.5 Å². The van der Waals surface area contributed by atoms with Crippen molar-refractivity contribution in [1.29, 1.82) is 0 Å². The Kier molecular flexibility index (Phi) is 6.11. The van der Waals surface area contributed by atoms with Crippen molar-refractivity contribution in [2.24, 2.45) is 0 Å². The zero-order valence-electron chi connectivity index (χ0n) is 12.1.